The van der Waals surface area contributed by atoms with Crippen LogP contribution in [0, 0.1) is 3.57 Å². The molecule has 6 nitrogen and oxygen atoms in total. The zero-order valence-electron chi connectivity index (χ0n) is 15.6. The Balaban J connectivity index is 1.61. The van der Waals surface area contributed by atoms with Crippen LogP contribution in [-0.2, 0) is 11.3 Å². The van der Waals surface area contributed by atoms with Gasteiger partial charge in [0.05, 0.1) is 5.75 Å². The van der Waals surface area contributed by atoms with Gasteiger partial charge in [0.25, 0.3) is 0 Å². The number of rotatable bonds is 8. The van der Waals surface area contributed by atoms with Gasteiger partial charge in [-0.2, -0.15) is 0 Å². The molecule has 3 aromatic rings. The van der Waals surface area contributed by atoms with Gasteiger partial charge in [0, 0.05) is 15.8 Å². The van der Waals surface area contributed by atoms with Crippen molar-refractivity contribution in [2.24, 2.45) is 0 Å². The SMILES string of the molecule is CCn1c(SCC(=O)Nc2ccc(I)cc2)nnc1[C@@H](C)Oc1ccccc1. The predicted octanol–water partition coefficient (Wildman–Crippen LogP) is 4.77. The number of hydrogen-bond donors (Lipinski definition) is 1. The third-order valence-electron chi connectivity index (χ3n) is 3.94. The van der Waals surface area contributed by atoms with E-state index in [1.807, 2.05) is 73.0 Å². The fourth-order valence-corrected chi connectivity index (χ4v) is 3.79. The Kier molecular flexibility index (Phi) is 7.32. The number of amides is 1. The maximum Gasteiger partial charge on any atom is 0.234 e. The molecule has 0 unspecified atom stereocenters. The van der Waals surface area contributed by atoms with Gasteiger partial charge >= 0.3 is 0 Å². The topological polar surface area (TPSA) is 69.0 Å². The number of carbonyl (C=O) groups is 1. The second-order valence-electron chi connectivity index (χ2n) is 6.00. The molecule has 1 atom stereocenters. The van der Waals surface area contributed by atoms with Crippen molar-refractivity contribution in [3.8, 4) is 5.75 Å². The Morgan fingerprint density at radius 3 is 2.57 bits per heavy atom. The standard InChI is InChI=1S/C20H21IN4O2S/c1-3-25-19(14(2)27-17-7-5-4-6-8-17)23-24-20(25)28-13-18(26)22-16-11-9-15(21)10-12-16/h4-12,14H,3,13H2,1-2H3,(H,22,26)/t14-/m1/s1. The van der Waals surface area contributed by atoms with Crippen molar-refractivity contribution in [1.29, 1.82) is 0 Å². The number of anilines is 1. The van der Waals surface area contributed by atoms with Crippen LogP contribution in [-0.4, -0.2) is 26.4 Å². The van der Waals surface area contributed by atoms with E-state index in [-0.39, 0.29) is 17.8 Å². The fourth-order valence-electron chi connectivity index (χ4n) is 2.62. The highest BCUT2D eigenvalue weighted by molar-refractivity contribution is 14.1. The van der Waals surface area contributed by atoms with Crippen LogP contribution < -0.4 is 10.1 Å². The first-order chi connectivity index (χ1) is 13.6. The number of hydrogen-bond acceptors (Lipinski definition) is 5. The van der Waals surface area contributed by atoms with Crippen LogP contribution in [0.15, 0.2) is 59.8 Å². The number of halogens is 1. The van der Waals surface area contributed by atoms with Gasteiger partial charge in [-0.1, -0.05) is 30.0 Å². The highest BCUT2D eigenvalue weighted by Crippen LogP contribution is 2.24. The van der Waals surface area contributed by atoms with Crippen LogP contribution in [0.3, 0.4) is 0 Å². The van der Waals surface area contributed by atoms with Gasteiger partial charge in [0.2, 0.25) is 5.91 Å². The Hall–Kier alpha value is -2.07. The highest BCUT2D eigenvalue weighted by Gasteiger charge is 2.19. The zero-order valence-corrected chi connectivity index (χ0v) is 18.6. The zero-order chi connectivity index (χ0) is 19.9. The van der Waals surface area contributed by atoms with Gasteiger partial charge < -0.3 is 14.6 Å². The van der Waals surface area contributed by atoms with Crippen LogP contribution in [0.4, 0.5) is 5.69 Å². The van der Waals surface area contributed by atoms with Gasteiger partial charge in [-0.15, -0.1) is 10.2 Å². The lowest BCUT2D eigenvalue weighted by molar-refractivity contribution is -0.113. The summed E-state index contributed by atoms with van der Waals surface area (Å²) < 4.78 is 9.07. The molecule has 3 rings (SSSR count). The Morgan fingerprint density at radius 2 is 1.89 bits per heavy atom. The second-order valence-corrected chi connectivity index (χ2v) is 8.19. The number of nitrogens with zero attached hydrogens (tertiary/aromatic N) is 3. The number of ether oxygens (including phenoxy) is 1. The Bertz CT molecular complexity index is 916. The monoisotopic (exact) mass is 508 g/mol. The normalized spacial score (nSPS) is 11.8. The van der Waals surface area contributed by atoms with Crippen molar-refractivity contribution in [3.05, 3.63) is 64.0 Å². The largest absolute Gasteiger partial charge is 0.483 e. The fraction of sp³-hybridized carbons (Fsp3) is 0.250. The lowest BCUT2D eigenvalue weighted by Gasteiger charge is -2.15. The first kappa shape index (κ1) is 20.7. The van der Waals surface area contributed by atoms with Gasteiger partial charge in [0.15, 0.2) is 17.1 Å². The molecule has 1 aromatic heterocycles. The summed E-state index contributed by atoms with van der Waals surface area (Å²) in [5, 5.41) is 12.1. The lowest BCUT2D eigenvalue weighted by atomic mass is 10.3. The molecular weight excluding hydrogens is 487 g/mol. The van der Waals surface area contributed by atoms with Crippen molar-refractivity contribution in [2.75, 3.05) is 11.1 Å². The van der Waals surface area contributed by atoms with Gasteiger partial charge in [-0.25, -0.2) is 0 Å². The molecule has 8 heteroatoms. The maximum atomic E-state index is 12.2. The number of benzene rings is 2. The summed E-state index contributed by atoms with van der Waals surface area (Å²) >= 11 is 3.60. The van der Waals surface area contributed by atoms with Gasteiger partial charge in [0.1, 0.15) is 5.75 Å². The van der Waals surface area contributed by atoms with E-state index < -0.39 is 0 Å². The van der Waals surface area contributed by atoms with E-state index in [9.17, 15) is 4.79 Å². The molecule has 0 fully saturated rings. The summed E-state index contributed by atoms with van der Waals surface area (Å²) in [6, 6.07) is 17.3. The quantitative estimate of drug-likeness (QED) is 0.351. The van der Waals surface area contributed by atoms with E-state index >= 15 is 0 Å². The molecule has 0 aliphatic heterocycles. The highest BCUT2D eigenvalue weighted by atomic mass is 127. The molecular formula is C20H21IN4O2S. The summed E-state index contributed by atoms with van der Waals surface area (Å²) in [7, 11) is 0. The molecule has 0 radical (unpaired) electrons. The van der Waals surface area contributed by atoms with E-state index in [1.54, 1.807) is 0 Å². The Morgan fingerprint density at radius 1 is 1.18 bits per heavy atom. The smallest absolute Gasteiger partial charge is 0.234 e. The minimum Gasteiger partial charge on any atom is -0.483 e. The van der Waals surface area contributed by atoms with E-state index in [1.165, 1.54) is 11.8 Å². The van der Waals surface area contributed by atoms with Crippen molar-refractivity contribution >= 4 is 45.9 Å². The van der Waals surface area contributed by atoms with Crippen molar-refractivity contribution in [2.45, 2.75) is 31.7 Å². The van der Waals surface area contributed by atoms with Crippen LogP contribution in [0.2, 0.25) is 0 Å². The molecule has 0 spiro atoms. The number of nitrogens with one attached hydrogen (secondary N) is 1. The van der Waals surface area contributed by atoms with E-state index in [0.29, 0.717) is 11.7 Å². The first-order valence-corrected chi connectivity index (χ1v) is 11.0. The number of para-hydroxylation sites is 1. The molecule has 2 aromatic carbocycles. The maximum absolute atomic E-state index is 12.2. The summed E-state index contributed by atoms with van der Waals surface area (Å²) in [5.74, 6) is 1.71. The van der Waals surface area contributed by atoms with Crippen molar-refractivity contribution in [1.82, 2.24) is 14.8 Å². The summed E-state index contributed by atoms with van der Waals surface area (Å²) in [5.41, 5.74) is 0.786. The van der Waals surface area contributed by atoms with Crippen LogP contribution in [0.5, 0.6) is 5.75 Å². The molecule has 0 aliphatic rings. The molecule has 146 valence electrons. The second kappa shape index (κ2) is 9.92. The molecule has 0 bridgehead atoms. The number of thioether (sulfide) groups is 1. The third kappa shape index (κ3) is 5.48. The van der Waals surface area contributed by atoms with E-state index in [0.717, 1.165) is 20.8 Å². The summed E-state index contributed by atoms with van der Waals surface area (Å²) in [6.07, 6.45) is -0.246. The summed E-state index contributed by atoms with van der Waals surface area (Å²) in [6.45, 7) is 4.67. The lowest BCUT2D eigenvalue weighted by Crippen LogP contribution is -2.15. The van der Waals surface area contributed by atoms with Crippen LogP contribution in [0.25, 0.3) is 0 Å². The average Bonchev–Trinajstić information content (AvgIpc) is 3.12. The average molecular weight is 508 g/mol. The van der Waals surface area contributed by atoms with Crippen LogP contribution in [0.1, 0.15) is 25.8 Å². The van der Waals surface area contributed by atoms with Crippen molar-refractivity contribution in [3.63, 3.8) is 0 Å². The van der Waals surface area contributed by atoms with Gasteiger partial charge in [-0.05, 0) is 72.8 Å². The number of carbonyl (C=O) groups excluding carboxylic acids is 1. The van der Waals surface area contributed by atoms with E-state index in [4.69, 9.17) is 4.74 Å². The first-order valence-electron chi connectivity index (χ1n) is 8.90. The number of aromatic nitrogens is 3. The van der Waals surface area contributed by atoms with Gasteiger partial charge in [-0.3, -0.25) is 4.79 Å². The molecule has 0 saturated heterocycles. The van der Waals surface area contributed by atoms with Crippen molar-refractivity contribution < 1.29 is 9.53 Å². The Labute approximate surface area is 182 Å². The molecule has 1 N–H and O–H groups in total. The van der Waals surface area contributed by atoms with Crippen LogP contribution >= 0.6 is 34.4 Å². The minimum absolute atomic E-state index is 0.0769. The molecule has 0 saturated carbocycles. The third-order valence-corrected chi connectivity index (χ3v) is 5.63. The summed E-state index contributed by atoms with van der Waals surface area (Å²) in [4.78, 5) is 12.2. The molecule has 28 heavy (non-hydrogen) atoms. The van der Waals surface area contributed by atoms with E-state index in [2.05, 4.69) is 38.1 Å². The molecule has 1 amide bonds. The minimum atomic E-state index is -0.246. The predicted molar refractivity (Wildman–Crippen MR) is 120 cm³/mol. The molecule has 0 aliphatic carbocycles. The molecule has 1 heterocycles.